The van der Waals surface area contributed by atoms with E-state index in [1.807, 2.05) is 35.9 Å². The van der Waals surface area contributed by atoms with Crippen molar-refractivity contribution in [3.05, 3.63) is 36.0 Å². The number of amides is 1. The Kier molecular flexibility index (Phi) is 5.35. The van der Waals surface area contributed by atoms with Crippen molar-refractivity contribution in [1.29, 1.82) is 0 Å². The Hall–Kier alpha value is -2.30. The average molecular weight is 356 g/mol. The van der Waals surface area contributed by atoms with Crippen LogP contribution in [0, 0.1) is 11.8 Å². The molecule has 1 amide bonds. The summed E-state index contributed by atoms with van der Waals surface area (Å²) in [4.78, 5) is 25.1. The lowest BCUT2D eigenvalue weighted by Gasteiger charge is -2.35. The fraction of sp³-hybridized carbons (Fsp3) is 0.524. The number of aryl methyl sites for hydroxylation is 1. The van der Waals surface area contributed by atoms with Gasteiger partial charge < -0.3 is 14.6 Å². The fourth-order valence-electron chi connectivity index (χ4n) is 3.87. The summed E-state index contributed by atoms with van der Waals surface area (Å²) in [7, 11) is 1.89. The second-order valence-corrected chi connectivity index (χ2v) is 7.60. The number of para-hydroxylation sites is 1. The molecule has 5 nitrogen and oxygen atoms in total. The van der Waals surface area contributed by atoms with Gasteiger partial charge in [0, 0.05) is 30.2 Å². The third kappa shape index (κ3) is 3.62. The molecule has 1 aliphatic rings. The molecule has 0 spiro atoms. The van der Waals surface area contributed by atoms with Crippen molar-refractivity contribution in [1.82, 2.24) is 9.88 Å². The first-order valence-corrected chi connectivity index (χ1v) is 9.44. The third-order valence-corrected chi connectivity index (χ3v) is 5.80. The van der Waals surface area contributed by atoms with Gasteiger partial charge in [-0.1, -0.05) is 44.9 Å². The van der Waals surface area contributed by atoms with Crippen molar-refractivity contribution in [3.8, 4) is 0 Å². The second-order valence-electron chi connectivity index (χ2n) is 7.60. The number of carbonyl (C=O) groups excluding carboxylic acids is 2. The molecule has 5 heteroatoms. The zero-order valence-electron chi connectivity index (χ0n) is 16.0. The lowest BCUT2D eigenvalue weighted by Crippen LogP contribution is -2.47. The zero-order valence-corrected chi connectivity index (χ0v) is 16.0. The Morgan fingerprint density at radius 2 is 1.96 bits per heavy atom. The van der Waals surface area contributed by atoms with Crippen molar-refractivity contribution in [2.75, 3.05) is 0 Å². The number of fused-ring (bicyclic) bond motifs is 1. The van der Waals surface area contributed by atoms with Crippen molar-refractivity contribution >= 4 is 22.8 Å². The van der Waals surface area contributed by atoms with Gasteiger partial charge in [0.25, 0.3) is 5.91 Å². The van der Waals surface area contributed by atoms with E-state index in [1.54, 1.807) is 13.1 Å². The first-order valence-electron chi connectivity index (χ1n) is 9.44. The van der Waals surface area contributed by atoms with E-state index in [0.29, 0.717) is 17.4 Å². The van der Waals surface area contributed by atoms with Crippen LogP contribution >= 0.6 is 0 Å². The molecule has 1 N–H and O–H groups in total. The number of nitrogens with zero attached hydrogens (tertiary/aromatic N) is 1. The normalized spacial score (nSPS) is 24.2. The summed E-state index contributed by atoms with van der Waals surface area (Å²) >= 11 is 0. The van der Waals surface area contributed by atoms with Crippen molar-refractivity contribution < 1.29 is 14.3 Å². The Labute approximate surface area is 154 Å². The molecule has 0 bridgehead atoms. The molecule has 26 heavy (non-hydrogen) atoms. The highest BCUT2D eigenvalue weighted by molar-refractivity contribution is 6.05. The van der Waals surface area contributed by atoms with Gasteiger partial charge >= 0.3 is 5.97 Å². The average Bonchev–Trinajstić information content (AvgIpc) is 2.96. The molecule has 0 aliphatic heterocycles. The molecular weight excluding hydrogens is 328 g/mol. The van der Waals surface area contributed by atoms with Crippen LogP contribution in [0.25, 0.3) is 10.9 Å². The number of hydrogen-bond acceptors (Lipinski definition) is 3. The first-order chi connectivity index (χ1) is 12.4. The van der Waals surface area contributed by atoms with Crippen molar-refractivity contribution in [3.63, 3.8) is 0 Å². The largest absolute Gasteiger partial charge is 0.449 e. The van der Waals surface area contributed by atoms with Crippen molar-refractivity contribution in [2.24, 2.45) is 18.9 Å². The van der Waals surface area contributed by atoms with Gasteiger partial charge in [-0.3, -0.25) is 4.79 Å². The quantitative estimate of drug-likeness (QED) is 0.851. The fourth-order valence-corrected chi connectivity index (χ4v) is 3.87. The smallest absolute Gasteiger partial charge is 0.341 e. The SMILES string of the molecule is C[C@@H]1[C@H](C)CCC[C@@H]1NC(=O)[C@@H](C)OC(=O)c1cn(C)c2ccccc12. The Balaban J connectivity index is 1.66. The number of carbonyl (C=O) groups is 2. The highest BCUT2D eigenvalue weighted by Crippen LogP contribution is 2.29. The maximum Gasteiger partial charge on any atom is 0.341 e. The molecule has 2 aromatic rings. The monoisotopic (exact) mass is 356 g/mol. The lowest BCUT2D eigenvalue weighted by molar-refractivity contribution is -0.130. The summed E-state index contributed by atoms with van der Waals surface area (Å²) in [6.45, 7) is 6.05. The molecule has 3 rings (SSSR count). The van der Waals surface area contributed by atoms with E-state index in [-0.39, 0.29) is 11.9 Å². The summed E-state index contributed by atoms with van der Waals surface area (Å²) in [6.07, 6.45) is 4.26. The van der Waals surface area contributed by atoms with Crippen LogP contribution in [-0.4, -0.2) is 28.6 Å². The molecule has 1 aromatic heterocycles. The van der Waals surface area contributed by atoms with E-state index in [1.165, 1.54) is 6.42 Å². The van der Waals surface area contributed by atoms with Crippen LogP contribution in [0.2, 0.25) is 0 Å². The Bertz CT molecular complexity index is 811. The lowest BCUT2D eigenvalue weighted by atomic mass is 9.78. The van der Waals surface area contributed by atoms with Crippen molar-refractivity contribution in [2.45, 2.75) is 52.2 Å². The Morgan fingerprint density at radius 1 is 1.23 bits per heavy atom. The van der Waals surface area contributed by atoms with Crippen LogP contribution in [0.5, 0.6) is 0 Å². The van der Waals surface area contributed by atoms with Gasteiger partial charge in [-0.2, -0.15) is 0 Å². The second kappa shape index (κ2) is 7.52. The molecule has 1 heterocycles. The summed E-state index contributed by atoms with van der Waals surface area (Å²) in [6, 6.07) is 7.82. The molecule has 0 unspecified atom stereocenters. The van der Waals surface area contributed by atoms with E-state index >= 15 is 0 Å². The van der Waals surface area contributed by atoms with Crippen LogP contribution in [0.15, 0.2) is 30.5 Å². The maximum atomic E-state index is 12.6. The summed E-state index contributed by atoms with van der Waals surface area (Å²) in [5.74, 6) is 0.357. The van der Waals surface area contributed by atoms with Gasteiger partial charge in [0.05, 0.1) is 5.56 Å². The minimum atomic E-state index is -0.814. The van der Waals surface area contributed by atoms with Crippen LogP contribution in [0.1, 0.15) is 50.4 Å². The van der Waals surface area contributed by atoms with Gasteiger partial charge in [0.1, 0.15) is 0 Å². The number of nitrogens with one attached hydrogen (secondary N) is 1. The van der Waals surface area contributed by atoms with Gasteiger partial charge in [-0.25, -0.2) is 4.79 Å². The summed E-state index contributed by atoms with van der Waals surface area (Å²) in [5, 5.41) is 3.91. The van der Waals surface area contributed by atoms with Gasteiger partial charge in [0.15, 0.2) is 6.10 Å². The minimum absolute atomic E-state index is 0.157. The van der Waals surface area contributed by atoms with E-state index in [9.17, 15) is 9.59 Å². The predicted molar refractivity (Wildman–Crippen MR) is 102 cm³/mol. The first kappa shape index (κ1) is 18.5. The molecular formula is C21H28N2O3. The van der Waals surface area contributed by atoms with Crippen LogP contribution in [0.3, 0.4) is 0 Å². The molecule has 140 valence electrons. The predicted octanol–water partition coefficient (Wildman–Crippen LogP) is 3.66. The van der Waals surface area contributed by atoms with E-state index in [4.69, 9.17) is 4.74 Å². The number of rotatable bonds is 4. The molecule has 1 aliphatic carbocycles. The van der Waals surface area contributed by atoms with E-state index in [0.717, 1.165) is 23.7 Å². The highest BCUT2D eigenvalue weighted by atomic mass is 16.5. The molecule has 1 saturated carbocycles. The van der Waals surface area contributed by atoms with Crippen LogP contribution < -0.4 is 5.32 Å². The number of esters is 1. The summed E-state index contributed by atoms with van der Waals surface area (Å²) in [5.41, 5.74) is 1.45. The standard InChI is InChI=1S/C21H28N2O3/c1-13-8-7-10-18(14(13)2)22-20(24)15(3)26-21(25)17-12-23(4)19-11-6-5-9-16(17)19/h5-6,9,11-15,18H,7-8,10H2,1-4H3,(H,22,24)/t13-,14-,15-,18+/m1/s1. The van der Waals surface area contributed by atoms with Gasteiger partial charge in [0.2, 0.25) is 0 Å². The minimum Gasteiger partial charge on any atom is -0.449 e. The number of hydrogen-bond donors (Lipinski definition) is 1. The van der Waals surface area contributed by atoms with Gasteiger partial charge in [-0.15, -0.1) is 0 Å². The van der Waals surface area contributed by atoms with E-state index < -0.39 is 12.1 Å². The maximum absolute atomic E-state index is 12.6. The topological polar surface area (TPSA) is 60.3 Å². The van der Waals surface area contributed by atoms with E-state index in [2.05, 4.69) is 19.2 Å². The van der Waals surface area contributed by atoms with Crippen LogP contribution in [-0.2, 0) is 16.6 Å². The third-order valence-electron chi connectivity index (χ3n) is 5.80. The molecule has 0 saturated heterocycles. The number of benzene rings is 1. The molecule has 4 atom stereocenters. The Morgan fingerprint density at radius 3 is 2.73 bits per heavy atom. The van der Waals surface area contributed by atoms with Gasteiger partial charge in [-0.05, 0) is 31.2 Å². The number of aromatic nitrogens is 1. The molecule has 1 aromatic carbocycles. The molecule has 0 radical (unpaired) electrons. The zero-order chi connectivity index (χ0) is 18.8. The summed E-state index contributed by atoms with van der Waals surface area (Å²) < 4.78 is 7.35. The number of ether oxygens (including phenoxy) is 1. The highest BCUT2D eigenvalue weighted by Gasteiger charge is 2.30. The molecule has 1 fully saturated rings. The van der Waals surface area contributed by atoms with Crippen LogP contribution in [0.4, 0.5) is 0 Å².